The number of nitrogens with zero attached hydrogens (tertiary/aromatic N) is 2. The molecule has 4 rings (SSSR count). The number of rotatable bonds is 9. The maximum atomic E-state index is 13.0. The fourth-order valence-corrected chi connectivity index (χ4v) is 4.42. The molecule has 0 bridgehead atoms. The summed E-state index contributed by atoms with van der Waals surface area (Å²) in [5, 5.41) is 9.38. The lowest BCUT2D eigenvalue weighted by Crippen LogP contribution is -2.30. The van der Waals surface area contributed by atoms with Gasteiger partial charge >= 0.3 is 5.97 Å². The van der Waals surface area contributed by atoms with E-state index in [0.29, 0.717) is 36.9 Å². The highest BCUT2D eigenvalue weighted by Gasteiger charge is 2.27. The van der Waals surface area contributed by atoms with Gasteiger partial charge in [0.25, 0.3) is 0 Å². The quantitative estimate of drug-likeness (QED) is 0.585. The Hall–Kier alpha value is -3.02. The molecule has 6 heteroatoms. The minimum atomic E-state index is -1.02. The van der Waals surface area contributed by atoms with Gasteiger partial charge in [0.15, 0.2) is 0 Å². The van der Waals surface area contributed by atoms with E-state index < -0.39 is 5.97 Å². The SMILES string of the molecule is CCOc1cc(C(=O)O)ccc1N(Cc1cc(C2CC2)cc(N2CCCC2)c1)C(=O)CC. The van der Waals surface area contributed by atoms with Crippen LogP contribution >= 0.6 is 0 Å². The number of carbonyl (C=O) groups is 2. The first-order valence-corrected chi connectivity index (χ1v) is 11.7. The number of carbonyl (C=O) groups excluding carboxylic acids is 1. The molecule has 2 aliphatic rings. The molecule has 2 fully saturated rings. The fourth-order valence-electron chi connectivity index (χ4n) is 4.42. The summed E-state index contributed by atoms with van der Waals surface area (Å²) in [6, 6.07) is 11.5. The zero-order valence-corrected chi connectivity index (χ0v) is 19.0. The Balaban J connectivity index is 1.71. The van der Waals surface area contributed by atoms with Gasteiger partial charge in [-0.2, -0.15) is 0 Å². The number of hydrogen-bond acceptors (Lipinski definition) is 4. The first kappa shape index (κ1) is 22.2. The predicted octanol–water partition coefficient (Wildman–Crippen LogP) is 5.20. The van der Waals surface area contributed by atoms with Crippen molar-refractivity contribution in [1.82, 2.24) is 0 Å². The van der Waals surface area contributed by atoms with Gasteiger partial charge in [0.1, 0.15) is 5.75 Å². The molecule has 0 aromatic heterocycles. The van der Waals surface area contributed by atoms with Crippen LogP contribution in [0.1, 0.15) is 73.4 Å². The molecule has 1 saturated heterocycles. The summed E-state index contributed by atoms with van der Waals surface area (Å²) in [4.78, 5) is 28.6. The van der Waals surface area contributed by atoms with Gasteiger partial charge in [0.05, 0.1) is 24.4 Å². The lowest BCUT2D eigenvalue weighted by Gasteiger charge is -2.26. The van der Waals surface area contributed by atoms with E-state index in [2.05, 4.69) is 23.1 Å². The van der Waals surface area contributed by atoms with Crippen LogP contribution in [0.25, 0.3) is 0 Å². The van der Waals surface area contributed by atoms with Crippen molar-refractivity contribution in [3.8, 4) is 5.75 Å². The van der Waals surface area contributed by atoms with E-state index in [9.17, 15) is 14.7 Å². The Bertz CT molecular complexity index is 993. The standard InChI is InChI=1S/C26H32N2O4/c1-3-25(29)28(23-10-9-20(26(30)31)16-24(23)32-4-2)17-18-13-21(19-7-8-19)15-22(14-18)27-11-5-6-12-27/h9-10,13-16,19H,3-8,11-12,17H2,1-2H3,(H,30,31). The van der Waals surface area contributed by atoms with Crippen LogP contribution in [0.3, 0.4) is 0 Å². The van der Waals surface area contributed by atoms with Crippen LogP contribution in [0.2, 0.25) is 0 Å². The molecule has 1 N–H and O–H groups in total. The average Bonchev–Trinajstić information content (AvgIpc) is 3.51. The van der Waals surface area contributed by atoms with Crippen molar-refractivity contribution < 1.29 is 19.4 Å². The Morgan fingerprint density at radius 3 is 2.47 bits per heavy atom. The van der Waals surface area contributed by atoms with Crippen LogP contribution in [0.15, 0.2) is 36.4 Å². The molecule has 2 aromatic rings. The van der Waals surface area contributed by atoms with Gasteiger partial charge in [-0.25, -0.2) is 4.79 Å². The summed E-state index contributed by atoms with van der Waals surface area (Å²) in [7, 11) is 0. The topological polar surface area (TPSA) is 70.1 Å². The van der Waals surface area contributed by atoms with Gasteiger partial charge in [-0.3, -0.25) is 4.79 Å². The lowest BCUT2D eigenvalue weighted by atomic mass is 10.0. The highest BCUT2D eigenvalue weighted by atomic mass is 16.5. The summed E-state index contributed by atoms with van der Waals surface area (Å²) in [6.45, 7) is 6.68. The minimum absolute atomic E-state index is 0.0198. The highest BCUT2D eigenvalue weighted by molar-refractivity contribution is 5.96. The van der Waals surface area contributed by atoms with Crippen LogP contribution in [0.4, 0.5) is 11.4 Å². The van der Waals surface area contributed by atoms with Crippen molar-refractivity contribution in [2.75, 3.05) is 29.5 Å². The molecule has 0 unspecified atom stereocenters. The molecule has 0 spiro atoms. The molecule has 1 amide bonds. The smallest absolute Gasteiger partial charge is 0.335 e. The number of carboxylic acids is 1. The van der Waals surface area contributed by atoms with Crippen molar-refractivity contribution >= 4 is 23.3 Å². The van der Waals surface area contributed by atoms with E-state index in [1.54, 1.807) is 11.0 Å². The third-order valence-corrected chi connectivity index (χ3v) is 6.26. The third kappa shape index (κ3) is 4.90. The summed E-state index contributed by atoms with van der Waals surface area (Å²) in [6.07, 6.45) is 5.25. The van der Waals surface area contributed by atoms with E-state index in [-0.39, 0.29) is 11.5 Å². The number of hydrogen-bond donors (Lipinski definition) is 1. The van der Waals surface area contributed by atoms with Crippen LogP contribution < -0.4 is 14.5 Å². The number of ether oxygens (including phenoxy) is 1. The Kier molecular flexibility index (Phi) is 6.68. The molecule has 2 aromatic carbocycles. The van der Waals surface area contributed by atoms with E-state index in [1.165, 1.54) is 49.1 Å². The maximum absolute atomic E-state index is 13.0. The molecule has 0 radical (unpaired) electrons. The van der Waals surface area contributed by atoms with Gasteiger partial charge in [0.2, 0.25) is 5.91 Å². The fraction of sp³-hybridized carbons (Fsp3) is 0.462. The number of aromatic carboxylic acids is 1. The maximum Gasteiger partial charge on any atom is 0.335 e. The molecule has 1 aliphatic heterocycles. The number of benzene rings is 2. The van der Waals surface area contributed by atoms with Crippen molar-refractivity contribution in [1.29, 1.82) is 0 Å². The van der Waals surface area contributed by atoms with E-state index >= 15 is 0 Å². The molecule has 1 heterocycles. The second-order valence-electron chi connectivity index (χ2n) is 8.66. The van der Waals surface area contributed by atoms with Crippen molar-refractivity contribution in [3.05, 3.63) is 53.1 Å². The van der Waals surface area contributed by atoms with Crippen LogP contribution in [0.5, 0.6) is 5.75 Å². The van der Waals surface area contributed by atoms with Crippen LogP contribution in [0, 0.1) is 0 Å². The second-order valence-corrected chi connectivity index (χ2v) is 8.66. The molecule has 1 aliphatic carbocycles. The first-order valence-electron chi connectivity index (χ1n) is 11.7. The van der Waals surface area contributed by atoms with E-state index in [0.717, 1.165) is 18.7 Å². The predicted molar refractivity (Wildman–Crippen MR) is 126 cm³/mol. The Labute approximate surface area is 189 Å². The monoisotopic (exact) mass is 436 g/mol. The van der Waals surface area contributed by atoms with Gasteiger partial charge in [-0.05, 0) is 80.0 Å². The van der Waals surface area contributed by atoms with Crippen molar-refractivity contribution in [2.24, 2.45) is 0 Å². The van der Waals surface area contributed by atoms with Crippen LogP contribution in [-0.4, -0.2) is 36.7 Å². The molecular weight excluding hydrogens is 404 g/mol. The Morgan fingerprint density at radius 2 is 1.84 bits per heavy atom. The van der Waals surface area contributed by atoms with Gasteiger partial charge in [-0.1, -0.05) is 13.0 Å². The van der Waals surface area contributed by atoms with Gasteiger partial charge in [-0.15, -0.1) is 0 Å². The minimum Gasteiger partial charge on any atom is -0.492 e. The van der Waals surface area contributed by atoms with Gasteiger partial charge in [0, 0.05) is 25.2 Å². The zero-order chi connectivity index (χ0) is 22.7. The van der Waals surface area contributed by atoms with Crippen LogP contribution in [-0.2, 0) is 11.3 Å². The highest BCUT2D eigenvalue weighted by Crippen LogP contribution is 2.42. The lowest BCUT2D eigenvalue weighted by molar-refractivity contribution is -0.118. The normalized spacial score (nSPS) is 15.6. The third-order valence-electron chi connectivity index (χ3n) is 6.26. The Morgan fingerprint density at radius 1 is 1.09 bits per heavy atom. The number of amides is 1. The molecule has 0 atom stereocenters. The number of carboxylic acid groups (broad SMARTS) is 1. The van der Waals surface area contributed by atoms with Crippen molar-refractivity contribution in [2.45, 2.75) is 58.4 Å². The average molecular weight is 437 g/mol. The first-order chi connectivity index (χ1) is 15.5. The zero-order valence-electron chi connectivity index (χ0n) is 19.0. The summed E-state index contributed by atoms with van der Waals surface area (Å²) >= 11 is 0. The second kappa shape index (κ2) is 9.63. The summed E-state index contributed by atoms with van der Waals surface area (Å²) in [5.41, 5.74) is 4.47. The molecule has 6 nitrogen and oxygen atoms in total. The van der Waals surface area contributed by atoms with E-state index in [1.807, 2.05) is 13.8 Å². The molecular formula is C26H32N2O4. The van der Waals surface area contributed by atoms with Crippen molar-refractivity contribution in [3.63, 3.8) is 0 Å². The van der Waals surface area contributed by atoms with E-state index in [4.69, 9.17) is 4.74 Å². The molecule has 170 valence electrons. The largest absolute Gasteiger partial charge is 0.492 e. The summed E-state index contributed by atoms with van der Waals surface area (Å²) < 4.78 is 5.75. The molecule has 32 heavy (non-hydrogen) atoms. The number of anilines is 2. The summed E-state index contributed by atoms with van der Waals surface area (Å²) in [5.74, 6) is 0.0135. The molecule has 1 saturated carbocycles. The van der Waals surface area contributed by atoms with Gasteiger partial charge < -0.3 is 19.6 Å².